The van der Waals surface area contributed by atoms with Gasteiger partial charge >= 0.3 is 0 Å². The van der Waals surface area contributed by atoms with Crippen LogP contribution in [0.25, 0.3) is 0 Å². The molecule has 86 valence electrons. The Kier molecular flexibility index (Phi) is 2.97. The molecule has 0 bridgehead atoms. The fourth-order valence-electron chi connectivity index (χ4n) is 2.11. The highest BCUT2D eigenvalue weighted by atomic mass is 16.1. The van der Waals surface area contributed by atoms with Gasteiger partial charge in [0.15, 0.2) is 0 Å². The van der Waals surface area contributed by atoms with Gasteiger partial charge in [-0.3, -0.25) is 4.79 Å². The Bertz CT molecular complexity index is 397. The molecule has 0 aliphatic heterocycles. The summed E-state index contributed by atoms with van der Waals surface area (Å²) >= 11 is 0. The van der Waals surface area contributed by atoms with E-state index in [1.165, 1.54) is 19.3 Å². The largest absolute Gasteiger partial charge is 0.366 e. The molecule has 0 atom stereocenters. The number of hydrogen-bond donors (Lipinski definition) is 2. The van der Waals surface area contributed by atoms with Crippen molar-refractivity contribution in [3.63, 3.8) is 0 Å². The van der Waals surface area contributed by atoms with Crippen molar-refractivity contribution in [3.8, 4) is 0 Å². The fourth-order valence-corrected chi connectivity index (χ4v) is 2.11. The number of nitrogens with one attached hydrogen (secondary N) is 1. The Morgan fingerprint density at radius 3 is 2.69 bits per heavy atom. The zero-order chi connectivity index (χ0) is 11.6. The van der Waals surface area contributed by atoms with Crippen molar-refractivity contribution >= 4 is 5.91 Å². The summed E-state index contributed by atoms with van der Waals surface area (Å²) in [7, 11) is 0. The van der Waals surface area contributed by atoms with Crippen molar-refractivity contribution < 1.29 is 4.79 Å². The first-order valence-corrected chi connectivity index (χ1v) is 5.73. The van der Waals surface area contributed by atoms with Gasteiger partial charge in [0.25, 0.3) is 0 Å². The zero-order valence-corrected chi connectivity index (χ0v) is 9.62. The van der Waals surface area contributed by atoms with Gasteiger partial charge in [0.05, 0.1) is 0 Å². The van der Waals surface area contributed by atoms with E-state index >= 15 is 0 Å². The van der Waals surface area contributed by atoms with E-state index < -0.39 is 0 Å². The van der Waals surface area contributed by atoms with Crippen LogP contribution in [0.2, 0.25) is 0 Å². The van der Waals surface area contributed by atoms with Gasteiger partial charge in [0, 0.05) is 17.6 Å². The number of hydrogen-bond acceptors (Lipinski definition) is 2. The molecule has 0 aromatic heterocycles. The third kappa shape index (κ3) is 2.25. The number of primary amides is 1. The molecular formula is C13H18N2O. The van der Waals surface area contributed by atoms with Crippen molar-refractivity contribution in [1.82, 2.24) is 5.32 Å². The molecule has 1 aliphatic carbocycles. The molecule has 0 heterocycles. The van der Waals surface area contributed by atoms with Crippen LogP contribution in [0, 0.1) is 0 Å². The highest BCUT2D eigenvalue weighted by molar-refractivity contribution is 5.94. The lowest BCUT2D eigenvalue weighted by Crippen LogP contribution is -2.47. The van der Waals surface area contributed by atoms with E-state index in [4.69, 9.17) is 5.73 Å². The van der Waals surface area contributed by atoms with Crippen molar-refractivity contribution in [1.29, 1.82) is 0 Å². The van der Waals surface area contributed by atoms with Crippen LogP contribution in [0.1, 0.15) is 42.1 Å². The number of amides is 1. The predicted octanol–water partition coefficient (Wildman–Crippen LogP) is 1.82. The lowest BCUT2D eigenvalue weighted by molar-refractivity contribution is 0.0998. The number of nitrogens with two attached hydrogens (primary N) is 1. The molecule has 1 aliphatic rings. The molecule has 0 saturated heterocycles. The van der Waals surface area contributed by atoms with Gasteiger partial charge in [-0.05, 0) is 37.8 Å². The van der Waals surface area contributed by atoms with Gasteiger partial charge in [-0.25, -0.2) is 0 Å². The van der Waals surface area contributed by atoms with Crippen LogP contribution in [0.15, 0.2) is 24.3 Å². The van der Waals surface area contributed by atoms with Gasteiger partial charge in [-0.15, -0.1) is 0 Å². The Labute approximate surface area is 96.0 Å². The van der Waals surface area contributed by atoms with Gasteiger partial charge in [0.2, 0.25) is 5.91 Å². The molecule has 1 saturated carbocycles. The smallest absolute Gasteiger partial charge is 0.249 e. The standard InChI is InChI=1S/C13H18N2O/c1-13(7-4-8-13)15-9-10-5-2-3-6-11(10)12(14)16/h2-3,5-6,15H,4,7-9H2,1H3,(H2,14,16). The SMILES string of the molecule is CC1(NCc2ccccc2C(N)=O)CCC1. The summed E-state index contributed by atoms with van der Waals surface area (Å²) in [6, 6.07) is 7.51. The van der Waals surface area contributed by atoms with E-state index in [0.29, 0.717) is 5.56 Å². The second-order valence-electron chi connectivity index (χ2n) is 4.79. The Balaban J connectivity index is 2.06. The molecule has 3 nitrogen and oxygen atoms in total. The molecule has 3 heteroatoms. The molecule has 0 radical (unpaired) electrons. The molecule has 3 N–H and O–H groups in total. The number of carbonyl (C=O) groups excluding carboxylic acids is 1. The molecule has 1 fully saturated rings. The van der Waals surface area contributed by atoms with Gasteiger partial charge in [-0.2, -0.15) is 0 Å². The number of benzene rings is 1. The normalized spacial score (nSPS) is 17.8. The lowest BCUT2D eigenvalue weighted by atomic mass is 9.78. The van der Waals surface area contributed by atoms with Crippen molar-refractivity contribution in [3.05, 3.63) is 35.4 Å². The van der Waals surface area contributed by atoms with Gasteiger partial charge in [-0.1, -0.05) is 18.2 Å². The quantitative estimate of drug-likeness (QED) is 0.810. The first-order valence-electron chi connectivity index (χ1n) is 5.73. The van der Waals surface area contributed by atoms with Crippen molar-refractivity contribution in [2.45, 2.75) is 38.3 Å². The second-order valence-corrected chi connectivity index (χ2v) is 4.79. The van der Waals surface area contributed by atoms with E-state index in [0.717, 1.165) is 12.1 Å². The third-order valence-electron chi connectivity index (χ3n) is 3.45. The molecule has 0 spiro atoms. The molecule has 1 aromatic carbocycles. The molecule has 0 unspecified atom stereocenters. The maximum absolute atomic E-state index is 11.2. The molecule has 1 amide bonds. The van der Waals surface area contributed by atoms with Crippen LogP contribution >= 0.6 is 0 Å². The first-order chi connectivity index (χ1) is 7.61. The van der Waals surface area contributed by atoms with Gasteiger partial charge < -0.3 is 11.1 Å². The van der Waals surface area contributed by atoms with Crippen molar-refractivity contribution in [2.24, 2.45) is 5.73 Å². The first kappa shape index (κ1) is 11.1. The number of rotatable bonds is 4. The zero-order valence-electron chi connectivity index (χ0n) is 9.62. The fraction of sp³-hybridized carbons (Fsp3) is 0.462. The molecule has 2 rings (SSSR count). The highest BCUT2D eigenvalue weighted by Crippen LogP contribution is 2.31. The summed E-state index contributed by atoms with van der Waals surface area (Å²) in [5.41, 5.74) is 7.20. The molecule has 16 heavy (non-hydrogen) atoms. The van der Waals surface area contributed by atoms with Crippen LogP contribution in [0.3, 0.4) is 0 Å². The van der Waals surface area contributed by atoms with E-state index in [9.17, 15) is 4.79 Å². The Morgan fingerprint density at radius 2 is 2.12 bits per heavy atom. The second kappa shape index (κ2) is 4.26. The lowest BCUT2D eigenvalue weighted by Gasteiger charge is -2.39. The average molecular weight is 218 g/mol. The van der Waals surface area contributed by atoms with Crippen LogP contribution in [-0.4, -0.2) is 11.4 Å². The molecular weight excluding hydrogens is 200 g/mol. The van der Waals surface area contributed by atoms with Crippen LogP contribution in [0.4, 0.5) is 0 Å². The summed E-state index contributed by atoms with van der Waals surface area (Å²) in [6.07, 6.45) is 3.72. The van der Waals surface area contributed by atoms with Crippen molar-refractivity contribution in [2.75, 3.05) is 0 Å². The summed E-state index contributed by atoms with van der Waals surface area (Å²) in [5, 5.41) is 3.50. The summed E-state index contributed by atoms with van der Waals surface area (Å²) in [4.78, 5) is 11.2. The summed E-state index contributed by atoms with van der Waals surface area (Å²) in [6.45, 7) is 2.94. The maximum Gasteiger partial charge on any atom is 0.249 e. The third-order valence-corrected chi connectivity index (χ3v) is 3.45. The Morgan fingerprint density at radius 1 is 1.44 bits per heavy atom. The highest BCUT2D eigenvalue weighted by Gasteiger charge is 2.30. The van der Waals surface area contributed by atoms with E-state index in [1.54, 1.807) is 6.07 Å². The van der Waals surface area contributed by atoms with E-state index in [2.05, 4.69) is 12.2 Å². The minimum atomic E-state index is -0.351. The van der Waals surface area contributed by atoms with E-state index in [-0.39, 0.29) is 11.4 Å². The summed E-state index contributed by atoms with van der Waals surface area (Å²) in [5.74, 6) is -0.351. The topological polar surface area (TPSA) is 55.1 Å². The van der Waals surface area contributed by atoms with Crippen LogP contribution < -0.4 is 11.1 Å². The van der Waals surface area contributed by atoms with E-state index in [1.807, 2.05) is 18.2 Å². The predicted molar refractivity (Wildman–Crippen MR) is 64.1 cm³/mol. The van der Waals surface area contributed by atoms with Crippen LogP contribution in [0.5, 0.6) is 0 Å². The van der Waals surface area contributed by atoms with Gasteiger partial charge in [0.1, 0.15) is 0 Å². The van der Waals surface area contributed by atoms with Crippen LogP contribution in [-0.2, 0) is 6.54 Å². The average Bonchev–Trinajstić information content (AvgIpc) is 2.24. The minimum absolute atomic E-state index is 0.255. The summed E-state index contributed by atoms with van der Waals surface area (Å²) < 4.78 is 0. The monoisotopic (exact) mass is 218 g/mol. The Hall–Kier alpha value is -1.35. The minimum Gasteiger partial charge on any atom is -0.366 e. The molecule has 1 aromatic rings. The number of carbonyl (C=O) groups is 1. The maximum atomic E-state index is 11.2.